The van der Waals surface area contributed by atoms with E-state index in [2.05, 4.69) is 15.2 Å². The van der Waals surface area contributed by atoms with Gasteiger partial charge in [-0.2, -0.15) is 0 Å². The highest BCUT2D eigenvalue weighted by Crippen LogP contribution is 2.23. The van der Waals surface area contributed by atoms with E-state index in [9.17, 15) is 4.39 Å². The number of methoxy groups -OCH3 is 1. The van der Waals surface area contributed by atoms with Gasteiger partial charge in [-0.1, -0.05) is 6.07 Å². The van der Waals surface area contributed by atoms with Crippen molar-refractivity contribution >= 4 is 5.69 Å². The molecule has 0 fully saturated rings. The van der Waals surface area contributed by atoms with Crippen LogP contribution in [0.3, 0.4) is 0 Å². The molecule has 0 amide bonds. The fourth-order valence-corrected chi connectivity index (χ4v) is 2.33. The van der Waals surface area contributed by atoms with E-state index in [0.29, 0.717) is 6.54 Å². The maximum atomic E-state index is 13.8. The third kappa shape index (κ3) is 3.74. The van der Waals surface area contributed by atoms with Crippen LogP contribution in [0.4, 0.5) is 10.1 Å². The number of anilines is 1. The Bertz CT molecular complexity index is 631. The van der Waals surface area contributed by atoms with Crippen LogP contribution < -0.4 is 15.0 Å². The average molecular weight is 303 g/mol. The molecular weight excluding hydrogens is 281 g/mol. The lowest BCUT2D eigenvalue weighted by Crippen LogP contribution is -2.20. The monoisotopic (exact) mass is 303 g/mol. The van der Waals surface area contributed by atoms with E-state index in [1.165, 1.54) is 13.2 Å². The number of nitrogens with one attached hydrogen (secondary N) is 1. The van der Waals surface area contributed by atoms with Gasteiger partial charge in [0.05, 0.1) is 7.11 Å². The topological polar surface area (TPSA) is 37.4 Å². The lowest BCUT2D eigenvalue weighted by molar-refractivity contribution is 0.385. The summed E-state index contributed by atoms with van der Waals surface area (Å²) in [6.45, 7) is 2.67. The van der Waals surface area contributed by atoms with Crippen molar-refractivity contribution in [1.82, 2.24) is 10.3 Å². The van der Waals surface area contributed by atoms with E-state index in [1.807, 2.05) is 39.3 Å². The van der Waals surface area contributed by atoms with E-state index < -0.39 is 0 Å². The quantitative estimate of drug-likeness (QED) is 0.889. The third-order valence-electron chi connectivity index (χ3n) is 3.63. The Morgan fingerprint density at radius 2 is 2.09 bits per heavy atom. The molecule has 0 unspecified atom stereocenters. The molecule has 0 spiro atoms. The van der Waals surface area contributed by atoms with Crippen LogP contribution in [-0.2, 0) is 6.54 Å². The number of rotatable bonds is 6. The Labute approximate surface area is 130 Å². The highest BCUT2D eigenvalue weighted by Gasteiger charge is 2.11. The first-order chi connectivity index (χ1) is 10.5. The van der Waals surface area contributed by atoms with Crippen molar-refractivity contribution in [2.24, 2.45) is 0 Å². The highest BCUT2D eigenvalue weighted by molar-refractivity contribution is 5.50. The molecule has 0 radical (unpaired) electrons. The van der Waals surface area contributed by atoms with Gasteiger partial charge >= 0.3 is 0 Å². The normalized spacial score (nSPS) is 12.0. The molecule has 0 saturated carbocycles. The predicted molar refractivity (Wildman–Crippen MR) is 86.8 cm³/mol. The Kier molecular flexibility index (Phi) is 5.33. The maximum Gasteiger partial charge on any atom is 0.165 e. The standard InChI is InChI=1S/C17H22FN3O/c1-12(13-5-6-17(22-4)15(18)9-13)20-11-14-10-19-8-7-16(14)21(2)3/h5-10,12,20H,11H2,1-4H3/t12-/m0/s1. The van der Waals surface area contributed by atoms with Gasteiger partial charge in [0.25, 0.3) is 0 Å². The fourth-order valence-electron chi connectivity index (χ4n) is 2.33. The van der Waals surface area contributed by atoms with Gasteiger partial charge in [0.2, 0.25) is 0 Å². The molecule has 0 aliphatic rings. The van der Waals surface area contributed by atoms with Crippen LogP contribution in [0.2, 0.25) is 0 Å². The van der Waals surface area contributed by atoms with Crippen LogP contribution in [0.25, 0.3) is 0 Å². The summed E-state index contributed by atoms with van der Waals surface area (Å²) in [5, 5.41) is 3.40. The molecule has 2 rings (SSSR count). The molecule has 22 heavy (non-hydrogen) atoms. The average Bonchev–Trinajstić information content (AvgIpc) is 2.52. The number of halogens is 1. The molecule has 1 aromatic heterocycles. The second kappa shape index (κ2) is 7.22. The fraction of sp³-hybridized carbons (Fsp3) is 0.353. The number of pyridine rings is 1. The van der Waals surface area contributed by atoms with Crippen LogP contribution in [0, 0.1) is 5.82 Å². The lowest BCUT2D eigenvalue weighted by Gasteiger charge is -2.19. The van der Waals surface area contributed by atoms with Gasteiger partial charge in [-0.15, -0.1) is 0 Å². The summed E-state index contributed by atoms with van der Waals surface area (Å²) in [6.07, 6.45) is 3.63. The van der Waals surface area contributed by atoms with E-state index in [1.54, 1.807) is 12.3 Å². The Balaban J connectivity index is 2.07. The van der Waals surface area contributed by atoms with Gasteiger partial charge in [-0.3, -0.25) is 4.98 Å². The smallest absolute Gasteiger partial charge is 0.165 e. The molecule has 4 nitrogen and oxygen atoms in total. The molecule has 1 heterocycles. The summed E-state index contributed by atoms with van der Waals surface area (Å²) >= 11 is 0. The summed E-state index contributed by atoms with van der Waals surface area (Å²) in [5.41, 5.74) is 3.11. The second-order valence-corrected chi connectivity index (χ2v) is 5.40. The van der Waals surface area contributed by atoms with Crippen LogP contribution in [0.1, 0.15) is 24.1 Å². The van der Waals surface area contributed by atoms with Crippen molar-refractivity contribution in [2.75, 3.05) is 26.1 Å². The molecule has 1 aromatic carbocycles. The zero-order valence-electron chi connectivity index (χ0n) is 13.4. The van der Waals surface area contributed by atoms with Crippen molar-refractivity contribution in [2.45, 2.75) is 19.5 Å². The summed E-state index contributed by atoms with van der Waals surface area (Å²) in [6, 6.07) is 7.03. The third-order valence-corrected chi connectivity index (χ3v) is 3.63. The van der Waals surface area contributed by atoms with E-state index >= 15 is 0 Å². The molecule has 0 saturated heterocycles. The zero-order valence-corrected chi connectivity index (χ0v) is 13.4. The first-order valence-electron chi connectivity index (χ1n) is 7.20. The van der Waals surface area contributed by atoms with Gasteiger partial charge in [-0.05, 0) is 30.7 Å². The number of ether oxygens (including phenoxy) is 1. The van der Waals surface area contributed by atoms with Gasteiger partial charge < -0.3 is 15.0 Å². The molecule has 2 aromatic rings. The Morgan fingerprint density at radius 1 is 1.32 bits per heavy atom. The molecular formula is C17H22FN3O. The van der Waals surface area contributed by atoms with Gasteiger partial charge in [0, 0.05) is 50.3 Å². The second-order valence-electron chi connectivity index (χ2n) is 5.40. The van der Waals surface area contributed by atoms with Crippen LogP contribution in [0.5, 0.6) is 5.75 Å². The molecule has 1 N–H and O–H groups in total. The van der Waals surface area contributed by atoms with E-state index in [0.717, 1.165) is 16.8 Å². The molecule has 118 valence electrons. The molecule has 5 heteroatoms. The number of hydrogen-bond acceptors (Lipinski definition) is 4. The largest absolute Gasteiger partial charge is 0.494 e. The number of nitrogens with zero attached hydrogens (tertiary/aromatic N) is 2. The van der Waals surface area contributed by atoms with E-state index in [4.69, 9.17) is 4.74 Å². The predicted octanol–water partition coefficient (Wildman–Crippen LogP) is 3.15. The maximum absolute atomic E-state index is 13.8. The minimum atomic E-state index is -0.344. The molecule has 0 bridgehead atoms. The molecule has 0 aliphatic carbocycles. The first-order valence-corrected chi connectivity index (χ1v) is 7.20. The Morgan fingerprint density at radius 3 is 2.73 bits per heavy atom. The zero-order chi connectivity index (χ0) is 16.1. The summed E-state index contributed by atoms with van der Waals surface area (Å²) < 4.78 is 18.7. The van der Waals surface area contributed by atoms with Crippen molar-refractivity contribution < 1.29 is 9.13 Å². The van der Waals surface area contributed by atoms with Crippen molar-refractivity contribution in [3.05, 3.63) is 53.6 Å². The molecule has 0 aliphatic heterocycles. The first kappa shape index (κ1) is 16.2. The lowest BCUT2D eigenvalue weighted by atomic mass is 10.1. The van der Waals surface area contributed by atoms with Gasteiger partial charge in [-0.25, -0.2) is 4.39 Å². The Hall–Kier alpha value is -2.14. The van der Waals surface area contributed by atoms with Gasteiger partial charge in [0.1, 0.15) is 0 Å². The highest BCUT2D eigenvalue weighted by atomic mass is 19.1. The van der Waals surface area contributed by atoms with Crippen LogP contribution in [-0.4, -0.2) is 26.2 Å². The summed E-state index contributed by atoms with van der Waals surface area (Å²) in [4.78, 5) is 6.22. The number of benzene rings is 1. The van der Waals surface area contributed by atoms with Crippen LogP contribution in [0.15, 0.2) is 36.7 Å². The van der Waals surface area contributed by atoms with Crippen LogP contribution >= 0.6 is 0 Å². The minimum Gasteiger partial charge on any atom is -0.494 e. The number of hydrogen-bond donors (Lipinski definition) is 1. The number of aromatic nitrogens is 1. The van der Waals surface area contributed by atoms with Crippen molar-refractivity contribution in [3.8, 4) is 5.75 Å². The summed E-state index contributed by atoms with van der Waals surface area (Å²) in [7, 11) is 5.47. The van der Waals surface area contributed by atoms with Crippen molar-refractivity contribution in [3.63, 3.8) is 0 Å². The van der Waals surface area contributed by atoms with Gasteiger partial charge in [0.15, 0.2) is 11.6 Å². The summed E-state index contributed by atoms with van der Waals surface area (Å²) in [5.74, 6) is -0.0814. The minimum absolute atomic E-state index is 0.0237. The SMILES string of the molecule is COc1ccc([C@H](C)NCc2cnccc2N(C)C)cc1F. The molecule has 1 atom stereocenters. The van der Waals surface area contributed by atoms with E-state index in [-0.39, 0.29) is 17.6 Å². The van der Waals surface area contributed by atoms with Crippen molar-refractivity contribution in [1.29, 1.82) is 0 Å².